The standard InChI is InChI=1S/C15H21N5O3S2/c1-13-4-5-15(24-13)25(22,23)20-9-7-18(8-10-20)14(21)3-2-6-19-12-16-11-17-19/h4-5,11-12H,2-3,6-10H2,1H3. The number of carbonyl (C=O) groups is 1. The molecule has 0 aliphatic carbocycles. The van der Waals surface area contributed by atoms with E-state index in [1.807, 2.05) is 13.0 Å². The van der Waals surface area contributed by atoms with Gasteiger partial charge in [-0.15, -0.1) is 11.3 Å². The number of thiophene rings is 1. The molecule has 1 amide bonds. The van der Waals surface area contributed by atoms with E-state index in [9.17, 15) is 13.2 Å². The highest BCUT2D eigenvalue weighted by Crippen LogP contribution is 2.25. The highest BCUT2D eigenvalue weighted by Gasteiger charge is 2.30. The quantitative estimate of drug-likeness (QED) is 0.741. The van der Waals surface area contributed by atoms with Crippen LogP contribution in [0.15, 0.2) is 29.0 Å². The van der Waals surface area contributed by atoms with Gasteiger partial charge in [-0.1, -0.05) is 0 Å². The minimum Gasteiger partial charge on any atom is -0.340 e. The van der Waals surface area contributed by atoms with Gasteiger partial charge in [0.1, 0.15) is 16.9 Å². The van der Waals surface area contributed by atoms with Crippen LogP contribution in [0.1, 0.15) is 17.7 Å². The minimum atomic E-state index is -3.44. The Balaban J connectivity index is 1.48. The van der Waals surface area contributed by atoms with E-state index in [1.165, 1.54) is 22.0 Å². The van der Waals surface area contributed by atoms with Gasteiger partial charge in [-0.2, -0.15) is 9.40 Å². The van der Waals surface area contributed by atoms with Crippen LogP contribution in [-0.4, -0.2) is 64.5 Å². The summed E-state index contributed by atoms with van der Waals surface area (Å²) in [5.74, 6) is 0.0594. The third kappa shape index (κ3) is 4.25. The molecular formula is C15H21N5O3S2. The fourth-order valence-corrected chi connectivity index (χ4v) is 5.61. The summed E-state index contributed by atoms with van der Waals surface area (Å²) in [4.78, 5) is 18.8. The molecule has 0 bridgehead atoms. The lowest BCUT2D eigenvalue weighted by atomic mass is 10.2. The first kappa shape index (κ1) is 18.0. The molecule has 1 aliphatic rings. The van der Waals surface area contributed by atoms with Crippen LogP contribution in [0, 0.1) is 6.92 Å². The van der Waals surface area contributed by atoms with E-state index in [0.717, 1.165) is 4.88 Å². The zero-order chi connectivity index (χ0) is 17.9. The van der Waals surface area contributed by atoms with Crippen molar-refractivity contribution in [3.8, 4) is 0 Å². The van der Waals surface area contributed by atoms with Crippen molar-refractivity contribution >= 4 is 27.3 Å². The van der Waals surface area contributed by atoms with Gasteiger partial charge in [0.25, 0.3) is 10.0 Å². The van der Waals surface area contributed by atoms with Crippen LogP contribution in [0.2, 0.25) is 0 Å². The molecule has 0 N–H and O–H groups in total. The summed E-state index contributed by atoms with van der Waals surface area (Å²) in [5, 5.41) is 4.00. The largest absolute Gasteiger partial charge is 0.340 e. The van der Waals surface area contributed by atoms with Crippen molar-refractivity contribution in [1.29, 1.82) is 0 Å². The molecule has 136 valence electrons. The van der Waals surface area contributed by atoms with Gasteiger partial charge in [0.05, 0.1) is 0 Å². The number of sulfonamides is 1. The Morgan fingerprint density at radius 3 is 2.60 bits per heavy atom. The molecule has 8 nitrogen and oxygen atoms in total. The normalized spacial score (nSPS) is 16.3. The minimum absolute atomic E-state index is 0.0594. The first-order valence-electron chi connectivity index (χ1n) is 8.13. The number of amides is 1. The third-order valence-electron chi connectivity index (χ3n) is 4.15. The van der Waals surface area contributed by atoms with E-state index < -0.39 is 10.0 Å². The monoisotopic (exact) mass is 383 g/mol. The molecule has 3 heterocycles. The van der Waals surface area contributed by atoms with Gasteiger partial charge in [0.2, 0.25) is 5.91 Å². The molecular weight excluding hydrogens is 362 g/mol. The molecule has 0 spiro atoms. The number of carbonyl (C=O) groups excluding carboxylic acids is 1. The SMILES string of the molecule is Cc1ccc(S(=O)(=O)N2CCN(C(=O)CCCn3cncn3)CC2)s1. The molecule has 25 heavy (non-hydrogen) atoms. The molecule has 3 rings (SSSR count). The second-order valence-corrected chi connectivity index (χ2v) is 9.36. The van der Waals surface area contributed by atoms with Crippen LogP contribution in [0.4, 0.5) is 0 Å². The van der Waals surface area contributed by atoms with Crippen LogP contribution >= 0.6 is 11.3 Å². The first-order chi connectivity index (χ1) is 12.0. The fraction of sp³-hybridized carbons (Fsp3) is 0.533. The predicted molar refractivity (Wildman–Crippen MR) is 93.7 cm³/mol. The predicted octanol–water partition coefficient (Wildman–Crippen LogP) is 0.961. The third-order valence-corrected chi connectivity index (χ3v) is 7.51. The molecule has 2 aromatic rings. The number of piperazine rings is 1. The van der Waals surface area contributed by atoms with E-state index >= 15 is 0 Å². The summed E-state index contributed by atoms with van der Waals surface area (Å²) in [6.07, 6.45) is 4.21. The van der Waals surface area contributed by atoms with Crippen LogP contribution in [-0.2, 0) is 21.4 Å². The van der Waals surface area contributed by atoms with Gasteiger partial charge < -0.3 is 4.90 Å². The lowest BCUT2D eigenvalue weighted by molar-refractivity contribution is -0.132. The van der Waals surface area contributed by atoms with Crippen molar-refractivity contribution < 1.29 is 13.2 Å². The van der Waals surface area contributed by atoms with Gasteiger partial charge >= 0.3 is 0 Å². The van der Waals surface area contributed by atoms with Crippen molar-refractivity contribution in [3.05, 3.63) is 29.7 Å². The Bertz CT molecular complexity index is 808. The second-order valence-electron chi connectivity index (χ2n) is 5.91. The number of hydrogen-bond donors (Lipinski definition) is 0. The maximum Gasteiger partial charge on any atom is 0.252 e. The van der Waals surface area contributed by atoms with Crippen molar-refractivity contribution in [2.24, 2.45) is 0 Å². The van der Waals surface area contributed by atoms with Gasteiger partial charge in [-0.3, -0.25) is 9.48 Å². The Morgan fingerprint density at radius 1 is 1.24 bits per heavy atom. The summed E-state index contributed by atoms with van der Waals surface area (Å²) in [6.45, 7) is 4.09. The van der Waals surface area contributed by atoms with Crippen molar-refractivity contribution in [2.75, 3.05) is 26.2 Å². The zero-order valence-electron chi connectivity index (χ0n) is 14.0. The van der Waals surface area contributed by atoms with Crippen LogP contribution < -0.4 is 0 Å². The molecule has 1 aliphatic heterocycles. The molecule has 0 saturated carbocycles. The van der Waals surface area contributed by atoms with Gasteiger partial charge in [-0.05, 0) is 25.5 Å². The maximum absolute atomic E-state index is 12.6. The summed E-state index contributed by atoms with van der Waals surface area (Å²) in [5.41, 5.74) is 0. The Hall–Kier alpha value is -1.78. The summed E-state index contributed by atoms with van der Waals surface area (Å²) < 4.78 is 28.7. The first-order valence-corrected chi connectivity index (χ1v) is 10.4. The summed E-state index contributed by atoms with van der Waals surface area (Å²) >= 11 is 1.28. The number of nitrogens with zero attached hydrogens (tertiary/aromatic N) is 5. The van der Waals surface area contributed by atoms with Crippen molar-refractivity contribution in [2.45, 2.75) is 30.5 Å². The molecule has 0 radical (unpaired) electrons. The lowest BCUT2D eigenvalue weighted by Gasteiger charge is -2.33. The Kier molecular flexibility index (Phi) is 5.50. The topological polar surface area (TPSA) is 88.4 Å². The molecule has 2 aromatic heterocycles. The Labute approximate surface area is 151 Å². The second kappa shape index (κ2) is 7.63. The van der Waals surface area contributed by atoms with Crippen LogP contribution in [0.5, 0.6) is 0 Å². The number of aromatic nitrogens is 3. The van der Waals surface area contributed by atoms with Crippen molar-refractivity contribution in [3.63, 3.8) is 0 Å². The van der Waals surface area contributed by atoms with E-state index in [0.29, 0.717) is 49.8 Å². The van der Waals surface area contributed by atoms with Gasteiger partial charge in [0.15, 0.2) is 0 Å². The number of rotatable bonds is 6. The van der Waals surface area contributed by atoms with E-state index in [1.54, 1.807) is 22.0 Å². The molecule has 0 atom stereocenters. The molecule has 10 heteroatoms. The smallest absolute Gasteiger partial charge is 0.252 e. The van der Waals surface area contributed by atoms with E-state index in [4.69, 9.17) is 0 Å². The van der Waals surface area contributed by atoms with Gasteiger partial charge in [-0.25, -0.2) is 13.4 Å². The highest BCUT2D eigenvalue weighted by atomic mass is 32.2. The zero-order valence-corrected chi connectivity index (χ0v) is 15.7. The molecule has 0 aromatic carbocycles. The average Bonchev–Trinajstić information content (AvgIpc) is 3.27. The summed E-state index contributed by atoms with van der Waals surface area (Å²) in [7, 11) is -3.44. The molecule has 0 unspecified atom stereocenters. The van der Waals surface area contributed by atoms with E-state index in [-0.39, 0.29) is 5.91 Å². The average molecular weight is 383 g/mol. The molecule has 1 saturated heterocycles. The highest BCUT2D eigenvalue weighted by molar-refractivity contribution is 7.91. The van der Waals surface area contributed by atoms with Crippen LogP contribution in [0.3, 0.4) is 0 Å². The van der Waals surface area contributed by atoms with E-state index in [2.05, 4.69) is 10.1 Å². The molecule has 1 fully saturated rings. The Morgan fingerprint density at radius 2 is 2.00 bits per heavy atom. The maximum atomic E-state index is 12.6. The summed E-state index contributed by atoms with van der Waals surface area (Å²) in [6, 6.07) is 3.46. The van der Waals surface area contributed by atoms with Gasteiger partial charge in [0, 0.05) is 44.0 Å². The van der Waals surface area contributed by atoms with Crippen molar-refractivity contribution in [1.82, 2.24) is 24.0 Å². The number of aryl methyl sites for hydroxylation is 2. The fourth-order valence-electron chi connectivity index (χ4n) is 2.75. The lowest BCUT2D eigenvalue weighted by Crippen LogP contribution is -2.50. The van der Waals surface area contributed by atoms with Crippen LogP contribution in [0.25, 0.3) is 0 Å². The number of hydrogen-bond acceptors (Lipinski definition) is 6.